The fourth-order valence-electron chi connectivity index (χ4n) is 3.16. The van der Waals surface area contributed by atoms with E-state index in [0.717, 1.165) is 5.56 Å². The average Bonchev–Trinajstić information content (AvgIpc) is 3.08. The van der Waals surface area contributed by atoms with Crippen molar-refractivity contribution in [1.82, 2.24) is 14.2 Å². The van der Waals surface area contributed by atoms with Crippen molar-refractivity contribution in [3.63, 3.8) is 0 Å². The Hall–Kier alpha value is -4.27. The molecule has 0 aliphatic rings. The summed E-state index contributed by atoms with van der Waals surface area (Å²) in [6, 6.07) is 18.5. The molecule has 0 aliphatic carbocycles. The Morgan fingerprint density at radius 1 is 1.09 bits per heavy atom. The smallest absolute Gasteiger partial charge is 0.387 e. The molecule has 0 saturated carbocycles. The maximum Gasteiger partial charge on any atom is 0.387 e. The van der Waals surface area contributed by atoms with Gasteiger partial charge in [-0.15, -0.1) is 5.10 Å². The number of fused-ring (bicyclic) bond motifs is 1. The average molecular weight is 436 g/mol. The molecule has 9 heteroatoms. The molecule has 0 radical (unpaired) electrons. The molecule has 2 heterocycles. The standard InChI is InChI=1S/C23H18F2N4O3/c24-22(25)32-19-9-2-1-7-17(19)11-12-21(30)26-18-8-5-6-16(14-18)15-29-23(31)28-13-4-3-10-20(28)27-29/h1-14,22H,15H2,(H,26,30)/b12-11+. The number of para-hydroxylation sites is 1. The summed E-state index contributed by atoms with van der Waals surface area (Å²) in [4.78, 5) is 24.7. The topological polar surface area (TPSA) is 77.6 Å². The van der Waals surface area contributed by atoms with Crippen LogP contribution in [0.15, 0.2) is 83.8 Å². The summed E-state index contributed by atoms with van der Waals surface area (Å²) < 4.78 is 32.3. The molecular weight excluding hydrogens is 418 g/mol. The predicted octanol–water partition coefficient (Wildman–Crippen LogP) is 3.80. The summed E-state index contributed by atoms with van der Waals surface area (Å²) in [6.07, 6.45) is 4.27. The number of amides is 1. The number of ether oxygens (including phenoxy) is 1. The molecule has 1 amide bonds. The lowest BCUT2D eigenvalue weighted by atomic mass is 10.2. The monoisotopic (exact) mass is 436 g/mol. The van der Waals surface area contributed by atoms with Gasteiger partial charge in [-0.1, -0.05) is 36.4 Å². The summed E-state index contributed by atoms with van der Waals surface area (Å²) in [5.74, 6) is -0.467. The van der Waals surface area contributed by atoms with Gasteiger partial charge in [0.1, 0.15) is 5.75 Å². The molecular formula is C23H18F2N4O3. The highest BCUT2D eigenvalue weighted by molar-refractivity contribution is 6.02. The van der Waals surface area contributed by atoms with Gasteiger partial charge in [0.15, 0.2) is 5.65 Å². The van der Waals surface area contributed by atoms with Gasteiger partial charge in [0.05, 0.1) is 6.54 Å². The lowest BCUT2D eigenvalue weighted by molar-refractivity contribution is -0.111. The Labute approximate surface area is 181 Å². The molecule has 32 heavy (non-hydrogen) atoms. The van der Waals surface area contributed by atoms with Crippen LogP contribution in [0.25, 0.3) is 11.7 Å². The van der Waals surface area contributed by atoms with Crippen LogP contribution in [0.1, 0.15) is 11.1 Å². The molecule has 0 saturated heterocycles. The summed E-state index contributed by atoms with van der Waals surface area (Å²) in [5.41, 5.74) is 1.92. The van der Waals surface area contributed by atoms with Gasteiger partial charge in [-0.2, -0.15) is 8.78 Å². The van der Waals surface area contributed by atoms with Crippen LogP contribution in [0.5, 0.6) is 5.75 Å². The van der Waals surface area contributed by atoms with Crippen LogP contribution >= 0.6 is 0 Å². The van der Waals surface area contributed by atoms with Crippen molar-refractivity contribution in [3.8, 4) is 5.75 Å². The van der Waals surface area contributed by atoms with E-state index in [-0.39, 0.29) is 18.0 Å². The number of carbonyl (C=O) groups is 1. The van der Waals surface area contributed by atoms with Crippen molar-refractivity contribution >= 4 is 23.3 Å². The van der Waals surface area contributed by atoms with Gasteiger partial charge in [0.25, 0.3) is 0 Å². The summed E-state index contributed by atoms with van der Waals surface area (Å²) >= 11 is 0. The number of rotatable bonds is 7. The number of anilines is 1. The zero-order valence-electron chi connectivity index (χ0n) is 16.7. The molecule has 0 fully saturated rings. The zero-order valence-corrected chi connectivity index (χ0v) is 16.7. The maximum absolute atomic E-state index is 12.5. The van der Waals surface area contributed by atoms with Crippen molar-refractivity contribution in [2.45, 2.75) is 13.2 Å². The second kappa shape index (κ2) is 9.25. The lowest BCUT2D eigenvalue weighted by Crippen LogP contribution is -2.21. The SMILES string of the molecule is O=C(/C=C/c1ccccc1OC(F)F)Nc1cccc(Cn2nc3ccccn3c2=O)c1. The molecule has 0 bridgehead atoms. The number of nitrogens with one attached hydrogen (secondary N) is 1. The van der Waals surface area contributed by atoms with Crippen LogP contribution in [0.4, 0.5) is 14.5 Å². The zero-order chi connectivity index (χ0) is 22.5. The molecule has 4 rings (SSSR count). The molecule has 1 N–H and O–H groups in total. The van der Waals surface area contributed by atoms with Crippen LogP contribution in [0, 0.1) is 0 Å². The lowest BCUT2D eigenvalue weighted by Gasteiger charge is -2.08. The molecule has 162 valence electrons. The minimum atomic E-state index is -2.96. The number of alkyl halides is 2. The third kappa shape index (κ3) is 4.89. The van der Waals surface area contributed by atoms with E-state index in [1.807, 2.05) is 6.07 Å². The third-order valence-electron chi connectivity index (χ3n) is 4.56. The van der Waals surface area contributed by atoms with E-state index >= 15 is 0 Å². The van der Waals surface area contributed by atoms with Gasteiger partial charge in [0.2, 0.25) is 5.91 Å². The molecule has 0 atom stereocenters. The van der Waals surface area contributed by atoms with Gasteiger partial charge in [0, 0.05) is 23.5 Å². The highest BCUT2D eigenvalue weighted by Crippen LogP contribution is 2.21. The number of benzene rings is 2. The van der Waals surface area contributed by atoms with Crippen LogP contribution in [-0.4, -0.2) is 26.7 Å². The van der Waals surface area contributed by atoms with E-state index in [0.29, 0.717) is 16.9 Å². The highest BCUT2D eigenvalue weighted by Gasteiger charge is 2.09. The molecule has 7 nitrogen and oxygen atoms in total. The molecule has 0 spiro atoms. The number of halogens is 2. The number of hydrogen-bond donors (Lipinski definition) is 1. The second-order valence-electron chi connectivity index (χ2n) is 6.81. The minimum Gasteiger partial charge on any atom is -0.434 e. The number of nitrogens with zero attached hydrogens (tertiary/aromatic N) is 3. The molecule has 0 aliphatic heterocycles. The van der Waals surface area contributed by atoms with Crippen LogP contribution in [-0.2, 0) is 11.3 Å². The Morgan fingerprint density at radius 2 is 1.91 bits per heavy atom. The number of hydrogen-bond acceptors (Lipinski definition) is 4. The van der Waals surface area contributed by atoms with E-state index in [4.69, 9.17) is 0 Å². The third-order valence-corrected chi connectivity index (χ3v) is 4.56. The number of aromatic nitrogens is 3. The van der Waals surface area contributed by atoms with Crippen LogP contribution < -0.4 is 15.7 Å². The quantitative estimate of drug-likeness (QED) is 0.447. The first-order chi connectivity index (χ1) is 15.5. The molecule has 0 unspecified atom stereocenters. The van der Waals surface area contributed by atoms with E-state index in [1.54, 1.807) is 60.8 Å². The first kappa shape index (κ1) is 21.0. The molecule has 4 aromatic rings. The number of pyridine rings is 1. The summed E-state index contributed by atoms with van der Waals surface area (Å²) in [5, 5.41) is 7.01. The largest absolute Gasteiger partial charge is 0.434 e. The maximum atomic E-state index is 12.5. The highest BCUT2D eigenvalue weighted by atomic mass is 19.3. The molecule has 2 aromatic heterocycles. The van der Waals surface area contributed by atoms with Gasteiger partial charge < -0.3 is 10.1 Å². The van der Waals surface area contributed by atoms with Gasteiger partial charge in [-0.3, -0.25) is 9.20 Å². The first-order valence-corrected chi connectivity index (χ1v) is 9.65. The fourth-order valence-corrected chi connectivity index (χ4v) is 3.16. The molecule has 2 aromatic carbocycles. The van der Waals surface area contributed by atoms with Crippen molar-refractivity contribution in [2.24, 2.45) is 0 Å². The second-order valence-corrected chi connectivity index (χ2v) is 6.81. The van der Waals surface area contributed by atoms with E-state index in [1.165, 1.54) is 27.3 Å². The predicted molar refractivity (Wildman–Crippen MR) is 116 cm³/mol. The fraction of sp³-hybridized carbons (Fsp3) is 0.0870. The van der Waals surface area contributed by atoms with Gasteiger partial charge in [-0.05, 0) is 42.0 Å². The Bertz CT molecular complexity index is 1340. The van der Waals surface area contributed by atoms with Gasteiger partial charge in [-0.25, -0.2) is 9.48 Å². The van der Waals surface area contributed by atoms with Crippen molar-refractivity contribution in [1.29, 1.82) is 0 Å². The minimum absolute atomic E-state index is 0.0218. The van der Waals surface area contributed by atoms with E-state index in [9.17, 15) is 18.4 Å². The van der Waals surface area contributed by atoms with Crippen LogP contribution in [0.2, 0.25) is 0 Å². The number of carbonyl (C=O) groups excluding carboxylic acids is 1. The van der Waals surface area contributed by atoms with Crippen molar-refractivity contribution < 1.29 is 18.3 Å². The van der Waals surface area contributed by atoms with Crippen LogP contribution in [0.3, 0.4) is 0 Å². The Kier molecular flexibility index (Phi) is 6.07. The Balaban J connectivity index is 1.46. The summed E-state index contributed by atoms with van der Waals surface area (Å²) in [7, 11) is 0. The van der Waals surface area contributed by atoms with Crippen molar-refractivity contribution in [3.05, 3.63) is 101 Å². The van der Waals surface area contributed by atoms with Gasteiger partial charge >= 0.3 is 12.3 Å². The Morgan fingerprint density at radius 3 is 2.72 bits per heavy atom. The van der Waals surface area contributed by atoms with E-state index < -0.39 is 12.5 Å². The normalized spacial score (nSPS) is 11.3. The van der Waals surface area contributed by atoms with Crippen molar-refractivity contribution in [2.75, 3.05) is 5.32 Å². The first-order valence-electron chi connectivity index (χ1n) is 9.65. The summed E-state index contributed by atoms with van der Waals surface area (Å²) in [6.45, 7) is -2.72. The van der Waals surface area contributed by atoms with E-state index in [2.05, 4.69) is 15.2 Å².